The topological polar surface area (TPSA) is 35.5 Å². The van der Waals surface area contributed by atoms with Crippen LogP contribution in [0.5, 0.6) is 11.5 Å². The van der Waals surface area contributed by atoms with E-state index in [9.17, 15) is 4.79 Å². The normalized spacial score (nSPS) is 10.1. The highest BCUT2D eigenvalue weighted by molar-refractivity contribution is 5.84. The zero-order valence-electron chi connectivity index (χ0n) is 11.2. The second kappa shape index (κ2) is 8.56. The molecule has 18 heavy (non-hydrogen) atoms. The van der Waals surface area contributed by atoms with E-state index in [0.29, 0.717) is 30.3 Å². The molecule has 0 aliphatic carbocycles. The van der Waals surface area contributed by atoms with E-state index in [0.717, 1.165) is 25.7 Å². The van der Waals surface area contributed by atoms with Gasteiger partial charge in [0.25, 0.3) is 0 Å². The molecule has 99 valence electrons. The van der Waals surface area contributed by atoms with Gasteiger partial charge in [-0.3, -0.25) is 4.79 Å². The summed E-state index contributed by atoms with van der Waals surface area (Å²) >= 11 is 0. The third kappa shape index (κ3) is 4.40. The quantitative estimate of drug-likeness (QED) is 0.628. The van der Waals surface area contributed by atoms with Crippen molar-refractivity contribution in [1.29, 1.82) is 0 Å². The van der Waals surface area contributed by atoms with Gasteiger partial charge in [-0.2, -0.15) is 0 Å². The van der Waals surface area contributed by atoms with Crippen molar-refractivity contribution in [2.75, 3.05) is 13.2 Å². The SMILES string of the molecule is CCCCOc1cccc(OCCCC)c1[C]=O. The lowest BCUT2D eigenvalue weighted by molar-refractivity contribution is 0.293. The number of rotatable bonds is 9. The number of ether oxygens (including phenoxy) is 2. The van der Waals surface area contributed by atoms with E-state index < -0.39 is 0 Å². The largest absolute Gasteiger partial charge is 0.493 e. The lowest BCUT2D eigenvalue weighted by atomic mass is 10.2. The van der Waals surface area contributed by atoms with Crippen molar-refractivity contribution in [3.8, 4) is 11.5 Å². The van der Waals surface area contributed by atoms with Crippen molar-refractivity contribution in [2.45, 2.75) is 39.5 Å². The Hall–Kier alpha value is -1.51. The number of carbonyl (C=O) groups excluding carboxylic acids is 1. The molecule has 0 atom stereocenters. The summed E-state index contributed by atoms with van der Waals surface area (Å²) in [7, 11) is 0. The van der Waals surface area contributed by atoms with E-state index in [2.05, 4.69) is 13.8 Å². The molecule has 1 radical (unpaired) electrons. The molecule has 1 rings (SSSR count). The maximum absolute atomic E-state index is 11.0. The molecule has 0 aliphatic rings. The van der Waals surface area contributed by atoms with Crippen molar-refractivity contribution in [3.05, 3.63) is 23.8 Å². The summed E-state index contributed by atoms with van der Waals surface area (Å²) in [5, 5.41) is 0. The summed E-state index contributed by atoms with van der Waals surface area (Å²) in [5.41, 5.74) is 0.393. The van der Waals surface area contributed by atoms with Crippen molar-refractivity contribution >= 4 is 6.29 Å². The standard InChI is InChI=1S/C15H21O3/c1-3-5-10-17-14-8-7-9-15(13(14)12-16)18-11-6-4-2/h7-9H,3-6,10-11H2,1-2H3. The molecule has 0 saturated carbocycles. The minimum atomic E-state index is 0.393. The summed E-state index contributed by atoms with van der Waals surface area (Å²) in [4.78, 5) is 11.0. The van der Waals surface area contributed by atoms with Crippen LogP contribution >= 0.6 is 0 Å². The monoisotopic (exact) mass is 249 g/mol. The van der Waals surface area contributed by atoms with Gasteiger partial charge in [-0.05, 0) is 25.0 Å². The average Bonchev–Trinajstić information content (AvgIpc) is 2.39. The van der Waals surface area contributed by atoms with Crippen LogP contribution in [0.4, 0.5) is 0 Å². The molecule has 0 unspecified atom stereocenters. The first-order valence-corrected chi connectivity index (χ1v) is 6.60. The van der Waals surface area contributed by atoms with Gasteiger partial charge >= 0.3 is 0 Å². The number of unbranched alkanes of at least 4 members (excludes halogenated alkanes) is 2. The minimum Gasteiger partial charge on any atom is -0.493 e. The van der Waals surface area contributed by atoms with Gasteiger partial charge in [-0.25, -0.2) is 0 Å². The molecule has 0 amide bonds. The molecule has 0 saturated heterocycles. The molecule has 1 aromatic rings. The molecule has 3 nitrogen and oxygen atoms in total. The van der Waals surface area contributed by atoms with Gasteiger partial charge in [0, 0.05) is 0 Å². The highest BCUT2D eigenvalue weighted by atomic mass is 16.5. The Bertz CT molecular complexity index is 333. The van der Waals surface area contributed by atoms with E-state index in [1.807, 2.05) is 12.4 Å². The van der Waals surface area contributed by atoms with Gasteiger partial charge in [0.1, 0.15) is 17.1 Å². The number of hydrogen-bond donors (Lipinski definition) is 0. The highest BCUT2D eigenvalue weighted by Crippen LogP contribution is 2.27. The van der Waals surface area contributed by atoms with Crippen LogP contribution in [0.15, 0.2) is 18.2 Å². The minimum absolute atomic E-state index is 0.393. The molecular formula is C15H21O3. The van der Waals surface area contributed by atoms with Crippen LogP contribution in [0.2, 0.25) is 0 Å². The van der Waals surface area contributed by atoms with Crippen LogP contribution in [-0.4, -0.2) is 19.5 Å². The number of benzene rings is 1. The molecule has 0 aliphatic heterocycles. The fourth-order valence-electron chi connectivity index (χ4n) is 1.51. The Kier molecular flexibility index (Phi) is 6.92. The van der Waals surface area contributed by atoms with Crippen LogP contribution < -0.4 is 9.47 Å². The molecule has 0 aromatic heterocycles. The van der Waals surface area contributed by atoms with Crippen molar-refractivity contribution in [3.63, 3.8) is 0 Å². The molecule has 0 bridgehead atoms. The lowest BCUT2D eigenvalue weighted by Crippen LogP contribution is -2.03. The fraction of sp³-hybridized carbons (Fsp3) is 0.533. The van der Waals surface area contributed by atoms with Gasteiger partial charge < -0.3 is 9.47 Å². The van der Waals surface area contributed by atoms with Gasteiger partial charge in [0.2, 0.25) is 6.29 Å². The van der Waals surface area contributed by atoms with E-state index in [1.165, 1.54) is 0 Å². The first-order chi connectivity index (χ1) is 8.83. The molecule has 0 heterocycles. The molecule has 0 fully saturated rings. The van der Waals surface area contributed by atoms with Crippen LogP contribution in [0.3, 0.4) is 0 Å². The summed E-state index contributed by atoms with van der Waals surface area (Å²) in [5.74, 6) is 1.12. The first kappa shape index (κ1) is 14.6. The molecular weight excluding hydrogens is 228 g/mol. The predicted molar refractivity (Wildman–Crippen MR) is 72.0 cm³/mol. The van der Waals surface area contributed by atoms with Crippen molar-refractivity contribution in [1.82, 2.24) is 0 Å². The Morgan fingerprint density at radius 1 is 1.00 bits per heavy atom. The second-order valence-corrected chi connectivity index (χ2v) is 4.14. The molecule has 0 spiro atoms. The number of hydrogen-bond acceptors (Lipinski definition) is 3. The zero-order valence-corrected chi connectivity index (χ0v) is 11.2. The Balaban J connectivity index is 2.71. The van der Waals surface area contributed by atoms with E-state index in [-0.39, 0.29) is 0 Å². The van der Waals surface area contributed by atoms with Crippen LogP contribution in [0, 0.1) is 0 Å². The molecule has 3 heteroatoms. The van der Waals surface area contributed by atoms with Crippen LogP contribution in [0.25, 0.3) is 0 Å². The Morgan fingerprint density at radius 3 is 1.89 bits per heavy atom. The van der Waals surface area contributed by atoms with E-state index in [1.54, 1.807) is 12.1 Å². The Labute approximate surface area is 109 Å². The zero-order chi connectivity index (χ0) is 13.2. The van der Waals surface area contributed by atoms with Crippen LogP contribution in [-0.2, 0) is 4.79 Å². The second-order valence-electron chi connectivity index (χ2n) is 4.14. The molecule has 0 N–H and O–H groups in total. The first-order valence-electron chi connectivity index (χ1n) is 6.60. The van der Waals surface area contributed by atoms with E-state index >= 15 is 0 Å². The third-order valence-electron chi connectivity index (χ3n) is 2.60. The summed E-state index contributed by atoms with van der Waals surface area (Å²) < 4.78 is 11.1. The summed E-state index contributed by atoms with van der Waals surface area (Å²) in [6.07, 6.45) is 5.99. The maximum Gasteiger partial charge on any atom is 0.241 e. The predicted octanol–water partition coefficient (Wildman–Crippen LogP) is 3.50. The maximum atomic E-state index is 11.0. The average molecular weight is 249 g/mol. The lowest BCUT2D eigenvalue weighted by Gasteiger charge is -2.12. The highest BCUT2D eigenvalue weighted by Gasteiger charge is 2.10. The van der Waals surface area contributed by atoms with Crippen molar-refractivity contribution in [2.24, 2.45) is 0 Å². The Morgan fingerprint density at radius 2 is 1.50 bits per heavy atom. The smallest absolute Gasteiger partial charge is 0.241 e. The fourth-order valence-corrected chi connectivity index (χ4v) is 1.51. The van der Waals surface area contributed by atoms with Gasteiger partial charge in [0.15, 0.2) is 0 Å². The van der Waals surface area contributed by atoms with E-state index in [4.69, 9.17) is 9.47 Å². The van der Waals surface area contributed by atoms with Gasteiger partial charge in [-0.15, -0.1) is 0 Å². The summed E-state index contributed by atoms with van der Waals surface area (Å²) in [6.45, 7) is 5.42. The van der Waals surface area contributed by atoms with Crippen molar-refractivity contribution < 1.29 is 14.3 Å². The third-order valence-corrected chi connectivity index (χ3v) is 2.60. The van der Waals surface area contributed by atoms with Gasteiger partial charge in [-0.1, -0.05) is 32.8 Å². The van der Waals surface area contributed by atoms with Gasteiger partial charge in [0.05, 0.1) is 13.2 Å². The molecule has 1 aromatic carbocycles. The summed E-state index contributed by atoms with van der Waals surface area (Å²) in [6, 6.07) is 5.40. The van der Waals surface area contributed by atoms with Crippen LogP contribution in [0.1, 0.15) is 45.1 Å².